The van der Waals surface area contributed by atoms with Crippen LogP contribution in [-0.4, -0.2) is 31.8 Å². The Bertz CT molecular complexity index is 1080. The highest BCUT2D eigenvalue weighted by Gasteiger charge is 2.09. The highest BCUT2D eigenvalue weighted by Crippen LogP contribution is 2.24. The molecule has 0 saturated heterocycles. The van der Waals surface area contributed by atoms with Crippen LogP contribution in [0.15, 0.2) is 67.0 Å². The van der Waals surface area contributed by atoms with Gasteiger partial charge in [-0.05, 0) is 18.2 Å². The molecule has 28 heavy (non-hydrogen) atoms. The molecule has 0 spiro atoms. The van der Waals surface area contributed by atoms with Gasteiger partial charge >= 0.3 is 0 Å². The molecule has 0 amide bonds. The number of pyridine rings is 1. The Morgan fingerprint density at radius 3 is 2.43 bits per heavy atom. The van der Waals surface area contributed by atoms with Crippen molar-refractivity contribution in [2.45, 2.75) is 13.2 Å². The summed E-state index contributed by atoms with van der Waals surface area (Å²) in [7, 11) is 1.66. The lowest BCUT2D eigenvalue weighted by Crippen LogP contribution is -2.04. The molecule has 140 valence electrons. The lowest BCUT2D eigenvalue weighted by atomic mass is 10.1. The van der Waals surface area contributed by atoms with Gasteiger partial charge in [-0.15, -0.1) is 0 Å². The van der Waals surface area contributed by atoms with E-state index in [2.05, 4.69) is 20.1 Å². The Labute approximate surface area is 162 Å². The van der Waals surface area contributed by atoms with Crippen molar-refractivity contribution in [2.75, 3.05) is 12.8 Å². The summed E-state index contributed by atoms with van der Waals surface area (Å²) in [6.07, 6.45) is 3.71. The van der Waals surface area contributed by atoms with E-state index in [0.29, 0.717) is 13.2 Å². The molecule has 0 saturated carbocycles. The van der Waals surface area contributed by atoms with Crippen molar-refractivity contribution < 1.29 is 4.74 Å². The van der Waals surface area contributed by atoms with E-state index >= 15 is 0 Å². The van der Waals surface area contributed by atoms with Gasteiger partial charge in [-0.3, -0.25) is 9.67 Å². The average Bonchev–Trinajstić information content (AvgIpc) is 3.17. The van der Waals surface area contributed by atoms with Gasteiger partial charge in [0.2, 0.25) is 5.95 Å². The van der Waals surface area contributed by atoms with Crippen LogP contribution in [0.1, 0.15) is 11.4 Å². The van der Waals surface area contributed by atoms with E-state index in [0.717, 1.165) is 33.9 Å². The average molecular weight is 372 g/mol. The number of nitrogens with zero attached hydrogens (tertiary/aromatic N) is 5. The second-order valence-electron chi connectivity index (χ2n) is 6.34. The second-order valence-corrected chi connectivity index (χ2v) is 6.34. The summed E-state index contributed by atoms with van der Waals surface area (Å²) in [5, 5.41) is 4.44. The Kier molecular flexibility index (Phi) is 5.07. The fourth-order valence-corrected chi connectivity index (χ4v) is 2.96. The third-order valence-electron chi connectivity index (χ3n) is 4.22. The van der Waals surface area contributed by atoms with Crippen molar-refractivity contribution in [3.05, 3.63) is 78.4 Å². The molecule has 0 aliphatic heterocycles. The third-order valence-corrected chi connectivity index (χ3v) is 4.22. The third kappa shape index (κ3) is 4.05. The van der Waals surface area contributed by atoms with E-state index in [-0.39, 0.29) is 5.95 Å². The van der Waals surface area contributed by atoms with Crippen LogP contribution in [0, 0.1) is 0 Å². The topological polar surface area (TPSA) is 91.7 Å². The summed E-state index contributed by atoms with van der Waals surface area (Å²) >= 11 is 0. The first-order chi connectivity index (χ1) is 13.7. The van der Waals surface area contributed by atoms with Crippen molar-refractivity contribution in [3.63, 3.8) is 0 Å². The molecule has 2 N–H and O–H groups in total. The smallest absolute Gasteiger partial charge is 0.221 e. The molecule has 1 aromatic carbocycles. The standard InChI is InChI=1S/C21H20N6O/c1-28-14-18-9-5-8-17(24-18)13-27-12-16(11-23-27)20-10-19(25-21(22)26-20)15-6-3-2-4-7-15/h2-12H,13-14H2,1H3,(H2,22,25,26). The molecule has 4 aromatic rings. The monoisotopic (exact) mass is 372 g/mol. The normalized spacial score (nSPS) is 10.9. The zero-order chi connectivity index (χ0) is 19.3. The number of anilines is 1. The van der Waals surface area contributed by atoms with Gasteiger partial charge in [0, 0.05) is 24.4 Å². The molecule has 0 bridgehead atoms. The molecule has 0 radical (unpaired) electrons. The van der Waals surface area contributed by atoms with Gasteiger partial charge in [-0.2, -0.15) is 5.10 Å². The molecule has 0 fully saturated rings. The minimum Gasteiger partial charge on any atom is -0.378 e. The molecule has 0 aliphatic rings. The van der Waals surface area contributed by atoms with Gasteiger partial charge in [0.05, 0.1) is 42.1 Å². The molecule has 7 heteroatoms. The lowest BCUT2D eigenvalue weighted by Gasteiger charge is -2.05. The first-order valence-corrected chi connectivity index (χ1v) is 8.88. The van der Waals surface area contributed by atoms with Crippen molar-refractivity contribution in [1.29, 1.82) is 0 Å². The van der Waals surface area contributed by atoms with Gasteiger partial charge in [-0.1, -0.05) is 36.4 Å². The largest absolute Gasteiger partial charge is 0.378 e. The molecule has 0 atom stereocenters. The SMILES string of the molecule is COCc1cccc(Cn2cc(-c3cc(-c4ccccc4)nc(N)n3)cn2)n1. The maximum atomic E-state index is 5.94. The first-order valence-electron chi connectivity index (χ1n) is 8.88. The summed E-state index contributed by atoms with van der Waals surface area (Å²) in [6, 6.07) is 17.7. The van der Waals surface area contributed by atoms with Crippen LogP contribution < -0.4 is 5.73 Å². The first kappa shape index (κ1) is 17.8. The van der Waals surface area contributed by atoms with Crippen LogP contribution in [0.5, 0.6) is 0 Å². The molecule has 0 unspecified atom stereocenters. The minimum atomic E-state index is 0.234. The van der Waals surface area contributed by atoms with Crippen molar-refractivity contribution >= 4 is 5.95 Å². The predicted molar refractivity (Wildman–Crippen MR) is 107 cm³/mol. The Balaban J connectivity index is 1.59. The maximum Gasteiger partial charge on any atom is 0.221 e. The zero-order valence-electron chi connectivity index (χ0n) is 15.5. The Morgan fingerprint density at radius 1 is 0.893 bits per heavy atom. The van der Waals surface area contributed by atoms with Crippen molar-refractivity contribution in [3.8, 4) is 22.5 Å². The Hall–Kier alpha value is -3.58. The van der Waals surface area contributed by atoms with Crippen LogP contribution in [-0.2, 0) is 17.9 Å². The number of nitrogen functional groups attached to an aromatic ring is 1. The van der Waals surface area contributed by atoms with Crippen molar-refractivity contribution in [2.24, 2.45) is 0 Å². The van der Waals surface area contributed by atoms with Crippen molar-refractivity contribution in [1.82, 2.24) is 24.7 Å². The number of hydrogen-bond acceptors (Lipinski definition) is 6. The molecule has 3 heterocycles. The summed E-state index contributed by atoms with van der Waals surface area (Å²) in [6.45, 7) is 1.05. The number of rotatable bonds is 6. The van der Waals surface area contributed by atoms with E-state index in [1.165, 1.54) is 0 Å². The van der Waals surface area contributed by atoms with Gasteiger partial charge < -0.3 is 10.5 Å². The number of methoxy groups -OCH3 is 1. The summed E-state index contributed by atoms with van der Waals surface area (Å²) in [4.78, 5) is 13.3. The van der Waals surface area contributed by atoms with Gasteiger partial charge in [0.25, 0.3) is 0 Å². The summed E-state index contributed by atoms with van der Waals surface area (Å²) < 4.78 is 6.97. The van der Waals surface area contributed by atoms with Crippen LogP contribution in [0.4, 0.5) is 5.95 Å². The number of hydrogen-bond donors (Lipinski definition) is 1. The predicted octanol–water partition coefficient (Wildman–Crippen LogP) is 3.18. The number of nitrogens with two attached hydrogens (primary N) is 1. The minimum absolute atomic E-state index is 0.234. The van der Waals surface area contributed by atoms with E-state index in [4.69, 9.17) is 10.5 Å². The molecular formula is C21H20N6O. The molecule has 4 rings (SSSR count). The maximum absolute atomic E-state index is 5.94. The zero-order valence-corrected chi connectivity index (χ0v) is 15.5. The fraction of sp³-hybridized carbons (Fsp3) is 0.143. The van der Waals surface area contributed by atoms with Gasteiger partial charge in [0.15, 0.2) is 0 Å². The lowest BCUT2D eigenvalue weighted by molar-refractivity contribution is 0.181. The number of ether oxygens (including phenoxy) is 1. The van der Waals surface area contributed by atoms with Gasteiger partial charge in [-0.25, -0.2) is 9.97 Å². The van der Waals surface area contributed by atoms with E-state index in [1.54, 1.807) is 13.3 Å². The van der Waals surface area contributed by atoms with E-state index < -0.39 is 0 Å². The second kappa shape index (κ2) is 7.98. The summed E-state index contributed by atoms with van der Waals surface area (Å²) in [5.74, 6) is 0.234. The van der Waals surface area contributed by atoms with E-state index in [9.17, 15) is 0 Å². The summed E-state index contributed by atoms with van der Waals surface area (Å²) in [5.41, 5.74) is 11.1. The quantitative estimate of drug-likeness (QED) is 0.559. The molecule has 0 aliphatic carbocycles. The molecule has 3 aromatic heterocycles. The van der Waals surface area contributed by atoms with E-state index in [1.807, 2.05) is 65.5 Å². The van der Waals surface area contributed by atoms with Crippen LogP contribution in [0.25, 0.3) is 22.5 Å². The molecular weight excluding hydrogens is 352 g/mol. The van der Waals surface area contributed by atoms with Gasteiger partial charge in [0.1, 0.15) is 0 Å². The van der Waals surface area contributed by atoms with Crippen LogP contribution in [0.2, 0.25) is 0 Å². The fourth-order valence-electron chi connectivity index (χ4n) is 2.96. The van der Waals surface area contributed by atoms with Crippen LogP contribution in [0.3, 0.4) is 0 Å². The molecule has 7 nitrogen and oxygen atoms in total. The Morgan fingerprint density at radius 2 is 1.64 bits per heavy atom. The highest BCUT2D eigenvalue weighted by atomic mass is 16.5. The number of benzene rings is 1. The number of aromatic nitrogens is 5. The van der Waals surface area contributed by atoms with Crippen LogP contribution >= 0.6 is 0 Å². The highest BCUT2D eigenvalue weighted by molar-refractivity contribution is 5.68.